The molecule has 10 aromatic carbocycles. The molecule has 4 heterocycles. The summed E-state index contributed by atoms with van der Waals surface area (Å²) in [5.74, 6) is 1.74. The van der Waals surface area contributed by atoms with Crippen LogP contribution in [0.5, 0.6) is 0 Å². The van der Waals surface area contributed by atoms with Crippen molar-refractivity contribution >= 4 is 65.6 Å². The summed E-state index contributed by atoms with van der Waals surface area (Å²) in [5, 5.41) is 6.89. The van der Waals surface area contributed by atoms with Crippen molar-refractivity contribution in [1.82, 2.24) is 24.1 Å². The van der Waals surface area contributed by atoms with Crippen LogP contribution < -0.4 is 0 Å². The van der Waals surface area contributed by atoms with Crippen molar-refractivity contribution in [3.63, 3.8) is 0 Å². The van der Waals surface area contributed by atoms with Crippen LogP contribution in [0.25, 0.3) is 133 Å². The predicted octanol–water partition coefficient (Wildman–Crippen LogP) is 16.3. The Kier molecular flexibility index (Phi) is 8.79. The van der Waals surface area contributed by atoms with E-state index in [1.165, 1.54) is 32.7 Å². The molecule has 0 aliphatic heterocycles. The first-order valence-electron chi connectivity index (χ1n) is 23.3. The number of nitrogens with zero attached hydrogens (tertiary/aromatic N) is 5. The van der Waals surface area contributed by atoms with Gasteiger partial charge in [-0.05, 0) is 76.9 Å². The lowest BCUT2D eigenvalue weighted by molar-refractivity contribution is 0.669. The molecule has 4 aromatic heterocycles. The quantitative estimate of drug-likeness (QED) is 0.160. The minimum atomic E-state index is 0.566. The third-order valence-electron chi connectivity index (χ3n) is 13.6. The maximum absolute atomic E-state index is 6.57. The van der Waals surface area contributed by atoms with E-state index in [2.05, 4.69) is 203 Å². The Labute approximate surface area is 396 Å². The van der Waals surface area contributed by atoms with Gasteiger partial charge in [0, 0.05) is 60.4 Å². The molecule has 0 unspecified atom stereocenters. The van der Waals surface area contributed by atoms with Crippen LogP contribution in [0.4, 0.5) is 0 Å². The van der Waals surface area contributed by atoms with E-state index in [4.69, 9.17) is 19.4 Å². The minimum absolute atomic E-state index is 0.566. The number of benzene rings is 10. The van der Waals surface area contributed by atoms with Crippen LogP contribution >= 0.6 is 0 Å². The van der Waals surface area contributed by atoms with Gasteiger partial charge in [-0.25, -0.2) is 15.0 Å². The van der Waals surface area contributed by atoms with Crippen molar-refractivity contribution < 1.29 is 4.42 Å². The number of hydrogen-bond acceptors (Lipinski definition) is 4. The minimum Gasteiger partial charge on any atom is -0.456 e. The van der Waals surface area contributed by atoms with Gasteiger partial charge in [0.2, 0.25) is 0 Å². The lowest BCUT2D eigenvalue weighted by atomic mass is 9.99. The highest BCUT2D eigenvalue weighted by molar-refractivity contribution is 6.24. The van der Waals surface area contributed by atoms with Crippen molar-refractivity contribution in [2.45, 2.75) is 0 Å². The molecule has 0 bridgehead atoms. The number of para-hydroxylation sites is 2. The van der Waals surface area contributed by atoms with Crippen LogP contribution in [0, 0.1) is 0 Å². The zero-order valence-electron chi connectivity index (χ0n) is 37.2. The molecule has 0 fully saturated rings. The average Bonchev–Trinajstić information content (AvgIpc) is 4.09. The van der Waals surface area contributed by atoms with Crippen LogP contribution in [-0.4, -0.2) is 24.1 Å². The van der Waals surface area contributed by atoms with Gasteiger partial charge < -0.3 is 13.6 Å². The molecule has 69 heavy (non-hydrogen) atoms. The van der Waals surface area contributed by atoms with E-state index in [0.29, 0.717) is 17.5 Å². The maximum atomic E-state index is 6.57. The van der Waals surface area contributed by atoms with Gasteiger partial charge in [0.05, 0.1) is 22.1 Å². The summed E-state index contributed by atoms with van der Waals surface area (Å²) in [7, 11) is 0. The second-order valence-electron chi connectivity index (χ2n) is 17.6. The normalized spacial score (nSPS) is 11.8. The monoisotopic (exact) mass is 881 g/mol. The summed E-state index contributed by atoms with van der Waals surface area (Å²) < 4.78 is 11.4. The second kappa shape index (κ2) is 15.6. The summed E-state index contributed by atoms with van der Waals surface area (Å²) in [6.07, 6.45) is 0. The molecule has 0 saturated heterocycles. The summed E-state index contributed by atoms with van der Waals surface area (Å²) in [6, 6.07) is 83.3. The third-order valence-corrected chi connectivity index (χ3v) is 13.6. The standard InChI is InChI=1S/C63H39N5O/c1-4-16-40(17-5-1)41-30-33-46(34-31-41)67-54-27-12-10-24-49(54)51-36-37-52-50-25-11-13-28-55(50)68(60(52)59(51)67)47-23-14-22-44(38-47)62-64-61(43-20-8-3-9-21-43)65-63(66-62)45-32-35-53-57(39-45)69-56-29-15-26-48(58(53)56)42-18-6-2-7-19-42/h1-39H. The Balaban J connectivity index is 0.961. The molecule has 0 N–H and O–H groups in total. The number of rotatable bonds is 7. The molecule has 14 aromatic rings. The highest BCUT2D eigenvalue weighted by Gasteiger charge is 2.23. The Morgan fingerprint density at radius 1 is 0.290 bits per heavy atom. The summed E-state index contributed by atoms with van der Waals surface area (Å²) in [4.78, 5) is 15.6. The predicted molar refractivity (Wildman–Crippen MR) is 283 cm³/mol. The Morgan fingerprint density at radius 2 is 0.768 bits per heavy atom. The second-order valence-corrected chi connectivity index (χ2v) is 17.6. The van der Waals surface area contributed by atoms with Crippen molar-refractivity contribution in [3.8, 4) is 67.8 Å². The van der Waals surface area contributed by atoms with Gasteiger partial charge >= 0.3 is 0 Å². The molecule has 0 amide bonds. The fourth-order valence-corrected chi connectivity index (χ4v) is 10.4. The first-order chi connectivity index (χ1) is 34.2. The van der Waals surface area contributed by atoms with Gasteiger partial charge in [0.1, 0.15) is 11.2 Å². The Hall–Kier alpha value is -9.39. The fraction of sp³-hybridized carbons (Fsp3) is 0. The van der Waals surface area contributed by atoms with Crippen molar-refractivity contribution in [3.05, 3.63) is 237 Å². The van der Waals surface area contributed by atoms with E-state index in [1.807, 2.05) is 42.5 Å². The number of furan rings is 1. The molecule has 6 heteroatoms. The molecule has 6 nitrogen and oxygen atoms in total. The maximum Gasteiger partial charge on any atom is 0.164 e. The number of aromatic nitrogens is 5. The van der Waals surface area contributed by atoms with E-state index in [-0.39, 0.29) is 0 Å². The van der Waals surface area contributed by atoms with E-state index in [0.717, 1.165) is 83.2 Å². The smallest absolute Gasteiger partial charge is 0.164 e. The molecule has 0 aliphatic rings. The van der Waals surface area contributed by atoms with Crippen LogP contribution in [0.2, 0.25) is 0 Å². The van der Waals surface area contributed by atoms with E-state index in [9.17, 15) is 0 Å². The van der Waals surface area contributed by atoms with E-state index < -0.39 is 0 Å². The highest BCUT2D eigenvalue weighted by Crippen LogP contribution is 2.43. The van der Waals surface area contributed by atoms with Crippen molar-refractivity contribution in [1.29, 1.82) is 0 Å². The van der Waals surface area contributed by atoms with Gasteiger partial charge in [-0.1, -0.05) is 182 Å². The average molecular weight is 882 g/mol. The zero-order valence-corrected chi connectivity index (χ0v) is 37.2. The van der Waals surface area contributed by atoms with Crippen molar-refractivity contribution in [2.24, 2.45) is 0 Å². The summed E-state index contributed by atoms with van der Waals surface area (Å²) in [6.45, 7) is 0. The van der Waals surface area contributed by atoms with Crippen LogP contribution in [0.15, 0.2) is 241 Å². The molecular weight excluding hydrogens is 843 g/mol. The molecule has 0 radical (unpaired) electrons. The van der Waals surface area contributed by atoms with Gasteiger partial charge in [-0.15, -0.1) is 0 Å². The summed E-state index contributed by atoms with van der Waals surface area (Å²) >= 11 is 0. The van der Waals surface area contributed by atoms with Gasteiger partial charge in [0.25, 0.3) is 0 Å². The third kappa shape index (κ3) is 6.30. The molecule has 0 atom stereocenters. The molecular formula is C63H39N5O. The Morgan fingerprint density at radius 3 is 1.42 bits per heavy atom. The van der Waals surface area contributed by atoms with Gasteiger partial charge in [-0.2, -0.15) is 0 Å². The molecule has 322 valence electrons. The van der Waals surface area contributed by atoms with E-state index >= 15 is 0 Å². The number of hydrogen-bond donors (Lipinski definition) is 0. The van der Waals surface area contributed by atoms with Gasteiger partial charge in [0.15, 0.2) is 17.5 Å². The Bertz CT molecular complexity index is 4280. The lowest BCUT2D eigenvalue weighted by Gasteiger charge is -2.14. The van der Waals surface area contributed by atoms with Crippen molar-refractivity contribution in [2.75, 3.05) is 0 Å². The zero-order chi connectivity index (χ0) is 45.4. The largest absolute Gasteiger partial charge is 0.456 e. The summed E-state index contributed by atoms with van der Waals surface area (Å²) in [5.41, 5.74) is 15.5. The topological polar surface area (TPSA) is 61.7 Å². The first kappa shape index (κ1) is 38.8. The van der Waals surface area contributed by atoms with Crippen LogP contribution in [0.1, 0.15) is 0 Å². The van der Waals surface area contributed by atoms with Gasteiger partial charge in [-0.3, -0.25) is 0 Å². The molecule has 14 rings (SSSR count). The fourth-order valence-electron chi connectivity index (χ4n) is 10.4. The SMILES string of the molecule is c1ccc(-c2ccc(-n3c4ccccc4c4ccc5c6ccccc6n(-c6cccc(-c7nc(-c8ccccc8)nc(-c8ccc9c(c8)oc8cccc(-c%10ccccc%10)c89)n7)c6)c5c43)cc2)cc1. The molecule has 0 aliphatic carbocycles. The number of fused-ring (bicyclic) bond motifs is 10. The van der Waals surface area contributed by atoms with Crippen LogP contribution in [0.3, 0.4) is 0 Å². The van der Waals surface area contributed by atoms with Crippen LogP contribution in [-0.2, 0) is 0 Å². The molecule has 0 saturated carbocycles. The lowest BCUT2D eigenvalue weighted by Crippen LogP contribution is -2.01. The molecule has 0 spiro atoms. The van der Waals surface area contributed by atoms with E-state index in [1.54, 1.807) is 0 Å². The first-order valence-corrected chi connectivity index (χ1v) is 23.3. The highest BCUT2D eigenvalue weighted by atomic mass is 16.3.